The quantitative estimate of drug-likeness (QED) is 0.333. The summed E-state index contributed by atoms with van der Waals surface area (Å²) in [7, 11) is 0. The van der Waals surface area contributed by atoms with Gasteiger partial charge in [-0.1, -0.05) is 42.1 Å². The van der Waals surface area contributed by atoms with Gasteiger partial charge in [0.25, 0.3) is 0 Å². The molecular weight excluding hydrogens is 284 g/mol. The fraction of sp³-hybridized carbons (Fsp3) is 0.0714. The Labute approximate surface area is 126 Å². The largest absolute Gasteiger partial charge is 0.308 e. The number of benzene rings is 1. The van der Waals surface area contributed by atoms with E-state index in [0.717, 1.165) is 11.1 Å². The summed E-state index contributed by atoms with van der Waals surface area (Å²) >= 11 is 1.45. The molecule has 21 heavy (non-hydrogen) atoms. The van der Waals surface area contributed by atoms with Gasteiger partial charge in [-0.25, -0.2) is 20.5 Å². The van der Waals surface area contributed by atoms with Gasteiger partial charge in [-0.2, -0.15) is 5.10 Å². The third-order valence-corrected chi connectivity index (χ3v) is 3.49. The van der Waals surface area contributed by atoms with Crippen LogP contribution in [-0.4, -0.2) is 26.0 Å². The summed E-state index contributed by atoms with van der Waals surface area (Å²) in [6.45, 7) is 0. The zero-order valence-electron chi connectivity index (χ0n) is 11.4. The highest BCUT2D eigenvalue weighted by Crippen LogP contribution is 2.21. The maximum Gasteiger partial charge on any atom is 0.191 e. The topological polar surface area (TPSA) is 81.6 Å². The number of thioether (sulfide) groups is 1. The normalized spacial score (nSPS) is 10.6. The van der Waals surface area contributed by atoms with Crippen molar-refractivity contribution in [1.82, 2.24) is 19.7 Å². The van der Waals surface area contributed by atoms with Gasteiger partial charge in [-0.15, -0.1) is 0 Å². The van der Waals surface area contributed by atoms with Crippen molar-refractivity contribution in [3.05, 3.63) is 48.8 Å². The first-order valence-electron chi connectivity index (χ1n) is 6.30. The second kappa shape index (κ2) is 5.94. The maximum atomic E-state index is 5.44. The SMILES string of the molecule is CSc1nc(NN)cc(-n2cc(-c3ccccc3)cn2)n1. The zero-order chi connectivity index (χ0) is 14.7. The lowest BCUT2D eigenvalue weighted by Crippen LogP contribution is -2.11. The van der Waals surface area contributed by atoms with Crippen LogP contribution < -0.4 is 11.3 Å². The minimum absolute atomic E-state index is 0.557. The molecule has 0 atom stereocenters. The molecule has 7 heteroatoms. The number of nitrogens with two attached hydrogens (primary N) is 1. The van der Waals surface area contributed by atoms with Gasteiger partial charge in [-0.3, -0.25) is 0 Å². The van der Waals surface area contributed by atoms with E-state index in [0.29, 0.717) is 16.8 Å². The molecule has 106 valence electrons. The number of hydrazine groups is 1. The highest BCUT2D eigenvalue weighted by molar-refractivity contribution is 7.98. The van der Waals surface area contributed by atoms with Crippen LogP contribution in [-0.2, 0) is 0 Å². The van der Waals surface area contributed by atoms with Crippen LogP contribution in [0.2, 0.25) is 0 Å². The second-order valence-electron chi connectivity index (χ2n) is 4.28. The summed E-state index contributed by atoms with van der Waals surface area (Å²) in [6, 6.07) is 11.8. The number of nitrogens with zero attached hydrogens (tertiary/aromatic N) is 4. The van der Waals surface area contributed by atoms with E-state index in [-0.39, 0.29) is 0 Å². The third kappa shape index (κ3) is 2.88. The van der Waals surface area contributed by atoms with E-state index >= 15 is 0 Å². The van der Waals surface area contributed by atoms with Crippen molar-refractivity contribution in [2.45, 2.75) is 5.16 Å². The Balaban J connectivity index is 2.00. The van der Waals surface area contributed by atoms with E-state index in [1.165, 1.54) is 11.8 Å². The first-order valence-corrected chi connectivity index (χ1v) is 7.53. The summed E-state index contributed by atoms with van der Waals surface area (Å²) in [6.07, 6.45) is 5.66. The van der Waals surface area contributed by atoms with Crippen LogP contribution in [0.5, 0.6) is 0 Å². The van der Waals surface area contributed by atoms with E-state index in [1.54, 1.807) is 10.7 Å². The average Bonchev–Trinajstić information content (AvgIpc) is 3.05. The zero-order valence-corrected chi connectivity index (χ0v) is 12.2. The van der Waals surface area contributed by atoms with Gasteiger partial charge in [0.05, 0.1) is 6.20 Å². The highest BCUT2D eigenvalue weighted by atomic mass is 32.2. The Morgan fingerprint density at radius 2 is 1.95 bits per heavy atom. The Morgan fingerprint density at radius 1 is 1.14 bits per heavy atom. The first-order chi connectivity index (χ1) is 10.3. The van der Waals surface area contributed by atoms with Gasteiger partial charge >= 0.3 is 0 Å². The van der Waals surface area contributed by atoms with Crippen molar-refractivity contribution in [3.63, 3.8) is 0 Å². The first kappa shape index (κ1) is 13.6. The van der Waals surface area contributed by atoms with Crippen molar-refractivity contribution in [3.8, 4) is 16.9 Å². The van der Waals surface area contributed by atoms with Crippen molar-refractivity contribution in [1.29, 1.82) is 0 Å². The van der Waals surface area contributed by atoms with Crippen LogP contribution in [0.4, 0.5) is 5.82 Å². The van der Waals surface area contributed by atoms with Crippen molar-refractivity contribution in [2.24, 2.45) is 5.84 Å². The van der Waals surface area contributed by atoms with Gasteiger partial charge in [-0.05, 0) is 11.8 Å². The highest BCUT2D eigenvalue weighted by Gasteiger charge is 2.08. The monoisotopic (exact) mass is 298 g/mol. The summed E-state index contributed by atoms with van der Waals surface area (Å²) in [5.74, 6) is 6.66. The summed E-state index contributed by atoms with van der Waals surface area (Å²) in [5.41, 5.74) is 4.69. The third-order valence-electron chi connectivity index (χ3n) is 2.95. The van der Waals surface area contributed by atoms with E-state index in [2.05, 4.69) is 20.5 Å². The van der Waals surface area contributed by atoms with Gasteiger partial charge in [0.2, 0.25) is 0 Å². The average molecular weight is 298 g/mol. The number of hydrogen-bond acceptors (Lipinski definition) is 6. The minimum Gasteiger partial charge on any atom is -0.308 e. The molecule has 2 heterocycles. The standard InChI is InChI=1S/C14H14N6S/c1-21-14-17-12(19-15)7-13(18-14)20-9-11(8-16-20)10-5-3-2-4-6-10/h2-9H,15H2,1H3,(H,17,18,19). The van der Waals surface area contributed by atoms with E-state index in [4.69, 9.17) is 5.84 Å². The fourth-order valence-corrected chi connectivity index (χ4v) is 2.30. The van der Waals surface area contributed by atoms with Gasteiger partial charge in [0.15, 0.2) is 11.0 Å². The lowest BCUT2D eigenvalue weighted by Gasteiger charge is -2.05. The van der Waals surface area contributed by atoms with Crippen LogP contribution in [0.1, 0.15) is 0 Å². The molecule has 2 aromatic heterocycles. The summed E-state index contributed by atoms with van der Waals surface area (Å²) in [5, 5.41) is 5.00. The molecule has 1 aromatic carbocycles. The molecule has 0 spiro atoms. The van der Waals surface area contributed by atoms with Crippen LogP contribution in [0.3, 0.4) is 0 Å². The number of rotatable bonds is 4. The summed E-state index contributed by atoms with van der Waals surface area (Å²) < 4.78 is 1.71. The van der Waals surface area contributed by atoms with Crippen LogP contribution in [0.15, 0.2) is 53.9 Å². The van der Waals surface area contributed by atoms with E-state index in [9.17, 15) is 0 Å². The van der Waals surface area contributed by atoms with Crippen LogP contribution in [0.25, 0.3) is 16.9 Å². The molecule has 0 aliphatic heterocycles. The predicted octanol–water partition coefficient (Wildman–Crippen LogP) is 2.34. The molecule has 0 saturated carbocycles. The number of hydrogen-bond donors (Lipinski definition) is 2. The van der Waals surface area contributed by atoms with Crippen LogP contribution in [0, 0.1) is 0 Å². The van der Waals surface area contributed by atoms with E-state index < -0.39 is 0 Å². The van der Waals surface area contributed by atoms with Gasteiger partial charge in [0, 0.05) is 17.8 Å². The molecule has 3 N–H and O–H groups in total. The lowest BCUT2D eigenvalue weighted by atomic mass is 10.1. The second-order valence-corrected chi connectivity index (χ2v) is 5.06. The molecule has 0 aliphatic rings. The minimum atomic E-state index is 0.557. The van der Waals surface area contributed by atoms with Crippen molar-refractivity contribution >= 4 is 17.6 Å². The Bertz CT molecular complexity index is 718. The molecular formula is C14H14N6S. The number of aromatic nitrogens is 4. The maximum absolute atomic E-state index is 5.44. The van der Waals surface area contributed by atoms with Gasteiger partial charge in [0.1, 0.15) is 5.82 Å². The predicted molar refractivity (Wildman–Crippen MR) is 84.2 cm³/mol. The molecule has 0 amide bonds. The molecule has 3 aromatic rings. The molecule has 6 nitrogen and oxygen atoms in total. The van der Waals surface area contributed by atoms with Crippen molar-refractivity contribution < 1.29 is 0 Å². The number of nitrogen functional groups attached to an aromatic ring is 1. The smallest absolute Gasteiger partial charge is 0.191 e. The molecule has 3 rings (SSSR count). The molecule has 0 radical (unpaired) electrons. The molecule has 0 unspecified atom stereocenters. The Kier molecular flexibility index (Phi) is 3.85. The Morgan fingerprint density at radius 3 is 2.67 bits per heavy atom. The van der Waals surface area contributed by atoms with E-state index in [1.807, 2.05) is 49.0 Å². The molecule has 0 saturated heterocycles. The molecule has 0 aliphatic carbocycles. The van der Waals surface area contributed by atoms with Gasteiger partial charge < -0.3 is 5.43 Å². The summed E-state index contributed by atoms with van der Waals surface area (Å²) in [4.78, 5) is 8.67. The number of anilines is 1. The Hall–Kier alpha value is -2.38. The fourth-order valence-electron chi connectivity index (χ4n) is 1.92. The number of nitrogens with one attached hydrogen (secondary N) is 1. The molecule has 0 fully saturated rings. The van der Waals surface area contributed by atoms with Crippen LogP contribution >= 0.6 is 11.8 Å². The molecule has 0 bridgehead atoms. The van der Waals surface area contributed by atoms with Crippen molar-refractivity contribution in [2.75, 3.05) is 11.7 Å². The lowest BCUT2D eigenvalue weighted by molar-refractivity contribution is 0.808.